The molecule has 1 aliphatic heterocycles. The summed E-state index contributed by atoms with van der Waals surface area (Å²) in [6.45, 7) is -0.153. The van der Waals surface area contributed by atoms with Gasteiger partial charge < -0.3 is 29.6 Å². The second kappa shape index (κ2) is 6.48. The number of hydrogen-bond donors (Lipinski definition) is 4. The largest absolute Gasteiger partial charge is 1.00 e. The standard InChI is InChI=1S/C5H10O5.C5H4O2/c6-2-1-10-5(9)4(8)3(2)7;6-4-5-2-1-3-7-5/h2-9H,1H2;1-4H/p+1/t2-,3+,4-,5+;/m1./s1. The molecule has 0 spiro atoms. The van der Waals surface area contributed by atoms with E-state index in [2.05, 4.69) is 9.15 Å². The van der Waals surface area contributed by atoms with Gasteiger partial charge in [-0.15, -0.1) is 0 Å². The molecule has 2 rings (SSSR count). The Kier molecular flexibility index (Phi) is 5.26. The summed E-state index contributed by atoms with van der Waals surface area (Å²) in [7, 11) is 0. The van der Waals surface area contributed by atoms with Crippen molar-refractivity contribution in [1.82, 2.24) is 0 Å². The normalized spacial score (nSPS) is 32.5. The third-order valence-electron chi connectivity index (χ3n) is 2.13. The van der Waals surface area contributed by atoms with Crippen molar-refractivity contribution in [2.75, 3.05) is 6.61 Å². The van der Waals surface area contributed by atoms with E-state index < -0.39 is 24.6 Å². The van der Waals surface area contributed by atoms with Gasteiger partial charge in [0.15, 0.2) is 18.3 Å². The monoisotopic (exact) mass is 247 g/mol. The minimum Gasteiger partial charge on any atom is -0.462 e. The fraction of sp³-hybridized carbons (Fsp3) is 0.500. The summed E-state index contributed by atoms with van der Waals surface area (Å²) >= 11 is 0. The molecule has 0 aliphatic carbocycles. The topological polar surface area (TPSA) is 120 Å². The Morgan fingerprint density at radius 3 is 2.41 bits per heavy atom. The van der Waals surface area contributed by atoms with Crippen LogP contribution in [0.15, 0.2) is 22.8 Å². The minimum absolute atomic E-state index is 0. The summed E-state index contributed by atoms with van der Waals surface area (Å²) in [5.74, 6) is 0.375. The van der Waals surface area contributed by atoms with E-state index in [-0.39, 0.29) is 8.03 Å². The van der Waals surface area contributed by atoms with Gasteiger partial charge in [-0.25, -0.2) is 0 Å². The van der Waals surface area contributed by atoms with E-state index in [0.717, 1.165) is 0 Å². The van der Waals surface area contributed by atoms with Crippen LogP contribution in [0.5, 0.6) is 0 Å². The molecule has 1 aliphatic rings. The van der Waals surface area contributed by atoms with E-state index in [1.807, 2.05) is 0 Å². The molecule has 0 bridgehead atoms. The van der Waals surface area contributed by atoms with Crippen LogP contribution in [0, 0.1) is 0 Å². The number of aliphatic hydroxyl groups is 4. The van der Waals surface area contributed by atoms with Crippen LogP contribution in [0.4, 0.5) is 0 Å². The molecule has 0 unspecified atom stereocenters. The van der Waals surface area contributed by atoms with Crippen molar-refractivity contribution >= 4 is 6.29 Å². The van der Waals surface area contributed by atoms with Crippen LogP contribution in [0.25, 0.3) is 0 Å². The van der Waals surface area contributed by atoms with Crippen molar-refractivity contribution in [3.63, 3.8) is 0 Å². The van der Waals surface area contributed by atoms with Crippen molar-refractivity contribution in [3.8, 4) is 0 Å². The Morgan fingerprint density at radius 1 is 1.29 bits per heavy atom. The number of aliphatic hydroxyl groups excluding tert-OH is 4. The number of rotatable bonds is 1. The molecular weight excluding hydrogens is 232 g/mol. The summed E-state index contributed by atoms with van der Waals surface area (Å²) in [6.07, 6.45) is -3.10. The first-order valence-electron chi connectivity index (χ1n) is 4.88. The Labute approximate surface area is 98.4 Å². The van der Waals surface area contributed by atoms with Crippen LogP contribution >= 0.6 is 0 Å². The second-order valence-corrected chi connectivity index (χ2v) is 3.41. The minimum atomic E-state index is -1.41. The summed E-state index contributed by atoms with van der Waals surface area (Å²) in [5, 5.41) is 35.3. The van der Waals surface area contributed by atoms with Crippen LogP contribution in [-0.4, -0.2) is 57.9 Å². The fourth-order valence-corrected chi connectivity index (χ4v) is 1.15. The maximum Gasteiger partial charge on any atom is 1.00 e. The van der Waals surface area contributed by atoms with Gasteiger partial charge in [-0.05, 0) is 12.1 Å². The molecule has 2 heterocycles. The second-order valence-electron chi connectivity index (χ2n) is 3.41. The molecule has 1 aromatic rings. The highest BCUT2D eigenvalue weighted by molar-refractivity contribution is 5.69. The predicted octanol–water partition coefficient (Wildman–Crippen LogP) is -1.38. The maximum absolute atomic E-state index is 9.77. The lowest BCUT2D eigenvalue weighted by Gasteiger charge is -2.31. The van der Waals surface area contributed by atoms with E-state index >= 15 is 0 Å². The number of carbonyl (C=O) groups is 1. The maximum atomic E-state index is 9.77. The molecule has 0 radical (unpaired) electrons. The molecule has 7 heteroatoms. The molecule has 0 saturated carbocycles. The van der Waals surface area contributed by atoms with E-state index in [9.17, 15) is 4.79 Å². The molecule has 1 saturated heterocycles. The third kappa shape index (κ3) is 3.91. The average Bonchev–Trinajstić information content (AvgIpc) is 2.85. The van der Waals surface area contributed by atoms with Crippen molar-refractivity contribution in [2.24, 2.45) is 0 Å². The molecule has 4 N–H and O–H groups in total. The highest BCUT2D eigenvalue weighted by Gasteiger charge is 2.36. The molecule has 17 heavy (non-hydrogen) atoms. The molecular formula is C10H15O7+. The molecule has 7 nitrogen and oxygen atoms in total. The Morgan fingerprint density at radius 2 is 2.00 bits per heavy atom. The van der Waals surface area contributed by atoms with Crippen LogP contribution in [-0.2, 0) is 4.74 Å². The Balaban J connectivity index is 0.000000321. The van der Waals surface area contributed by atoms with Crippen molar-refractivity contribution in [3.05, 3.63) is 24.2 Å². The molecule has 96 valence electrons. The smallest absolute Gasteiger partial charge is 0.462 e. The Bertz CT molecular complexity index is 315. The number of aldehydes is 1. The van der Waals surface area contributed by atoms with E-state index in [4.69, 9.17) is 20.4 Å². The lowest BCUT2D eigenvalue weighted by atomic mass is 10.1. The molecule has 4 atom stereocenters. The van der Waals surface area contributed by atoms with Gasteiger partial charge in [-0.2, -0.15) is 0 Å². The van der Waals surface area contributed by atoms with Crippen LogP contribution in [0.2, 0.25) is 0 Å². The fourth-order valence-electron chi connectivity index (χ4n) is 1.15. The molecule has 1 fully saturated rings. The zero-order valence-corrected chi connectivity index (χ0v) is 8.84. The number of hydrogen-bond acceptors (Lipinski definition) is 7. The van der Waals surface area contributed by atoms with Gasteiger partial charge in [-0.3, -0.25) is 4.79 Å². The number of furan rings is 1. The first kappa shape index (κ1) is 13.8. The quantitative estimate of drug-likeness (QED) is 0.451. The lowest BCUT2D eigenvalue weighted by Crippen LogP contribution is -2.52. The predicted molar refractivity (Wildman–Crippen MR) is 55.2 cm³/mol. The van der Waals surface area contributed by atoms with Gasteiger partial charge in [0.25, 0.3) is 0 Å². The molecule has 0 aromatic carbocycles. The summed E-state index contributed by atoms with van der Waals surface area (Å²) in [4.78, 5) is 9.77. The average molecular weight is 247 g/mol. The lowest BCUT2D eigenvalue weighted by molar-refractivity contribution is -0.252. The van der Waals surface area contributed by atoms with E-state index in [1.165, 1.54) is 6.26 Å². The summed E-state index contributed by atoms with van der Waals surface area (Å²) < 4.78 is 9.08. The van der Waals surface area contributed by atoms with Crippen molar-refractivity contribution in [1.29, 1.82) is 0 Å². The SMILES string of the molecule is O=Cc1ccco1.O[C@@H]1[C@@H](O)[C@@H](O)OC[C@H]1O.[H+]. The summed E-state index contributed by atoms with van der Waals surface area (Å²) in [5.41, 5.74) is 0. The summed E-state index contributed by atoms with van der Waals surface area (Å²) in [6, 6.07) is 3.27. The van der Waals surface area contributed by atoms with Gasteiger partial charge in [0.2, 0.25) is 0 Å². The number of ether oxygens (including phenoxy) is 1. The van der Waals surface area contributed by atoms with Gasteiger partial charge in [0.1, 0.15) is 18.3 Å². The first-order valence-corrected chi connectivity index (χ1v) is 4.88. The zero-order chi connectivity index (χ0) is 12.8. The highest BCUT2D eigenvalue weighted by atomic mass is 16.6. The van der Waals surface area contributed by atoms with Crippen molar-refractivity contribution in [2.45, 2.75) is 24.6 Å². The van der Waals surface area contributed by atoms with Crippen LogP contribution in [0.3, 0.4) is 0 Å². The molecule has 0 amide bonds. The van der Waals surface area contributed by atoms with E-state index in [0.29, 0.717) is 12.0 Å². The first-order chi connectivity index (χ1) is 8.06. The molecule has 1 aromatic heterocycles. The van der Waals surface area contributed by atoms with E-state index in [1.54, 1.807) is 12.1 Å². The zero-order valence-electron chi connectivity index (χ0n) is 9.84. The van der Waals surface area contributed by atoms with Crippen molar-refractivity contribution < 1.29 is 35.8 Å². The van der Waals surface area contributed by atoms with Gasteiger partial charge >= 0.3 is 1.43 Å². The van der Waals surface area contributed by atoms with Crippen LogP contribution < -0.4 is 0 Å². The highest BCUT2D eigenvalue weighted by Crippen LogP contribution is 2.12. The van der Waals surface area contributed by atoms with Gasteiger partial charge in [-0.1, -0.05) is 0 Å². The Hall–Kier alpha value is -1.25. The third-order valence-corrected chi connectivity index (χ3v) is 2.13. The number of carbonyl (C=O) groups excluding carboxylic acids is 1. The van der Waals surface area contributed by atoms with Gasteiger partial charge in [0.05, 0.1) is 12.9 Å². The van der Waals surface area contributed by atoms with Gasteiger partial charge in [0, 0.05) is 0 Å². The van der Waals surface area contributed by atoms with Crippen LogP contribution in [0.1, 0.15) is 12.0 Å².